The quantitative estimate of drug-likeness (QED) is 0.641. The third kappa shape index (κ3) is 3.79. The predicted molar refractivity (Wildman–Crippen MR) is 118 cm³/mol. The van der Waals surface area contributed by atoms with Crippen LogP contribution in [0.3, 0.4) is 0 Å². The minimum atomic E-state index is -0.183. The van der Waals surface area contributed by atoms with E-state index in [1.54, 1.807) is 34.5 Å². The monoisotopic (exact) mass is 432 g/mol. The molecule has 1 aliphatic heterocycles. The molecule has 10 heteroatoms. The highest BCUT2D eigenvalue weighted by molar-refractivity contribution is 6.05. The second-order valence-electron chi connectivity index (χ2n) is 8.27. The Labute approximate surface area is 185 Å². The number of hydrogen-bond donors (Lipinski definition) is 1. The van der Waals surface area contributed by atoms with Crippen LogP contribution in [0.2, 0.25) is 0 Å². The number of anilines is 2. The van der Waals surface area contributed by atoms with Gasteiger partial charge in [0.2, 0.25) is 0 Å². The minimum absolute atomic E-state index is 0.177. The zero-order chi connectivity index (χ0) is 22.2. The van der Waals surface area contributed by atoms with Crippen molar-refractivity contribution in [2.45, 2.75) is 38.8 Å². The molecule has 10 nitrogen and oxygen atoms in total. The van der Waals surface area contributed by atoms with Gasteiger partial charge in [0, 0.05) is 25.2 Å². The lowest BCUT2D eigenvalue weighted by molar-refractivity contribution is 0.0946. The summed E-state index contributed by atoms with van der Waals surface area (Å²) in [6.07, 6.45) is 5.29. The van der Waals surface area contributed by atoms with Gasteiger partial charge >= 0.3 is 6.03 Å². The van der Waals surface area contributed by atoms with Crippen molar-refractivity contribution in [2.75, 3.05) is 22.9 Å². The summed E-state index contributed by atoms with van der Waals surface area (Å²) in [6.45, 7) is 5.10. The highest BCUT2D eigenvalue weighted by Gasteiger charge is 2.32. The summed E-state index contributed by atoms with van der Waals surface area (Å²) < 4.78 is 1.94. The number of urea groups is 1. The SMILES string of the molecule is CC(C)n1cnnc1-c1cccc(N2CCN(c3ccc(C(=O)NC4CC4)nc3)C2=O)n1. The summed E-state index contributed by atoms with van der Waals surface area (Å²) in [7, 11) is 0. The van der Waals surface area contributed by atoms with Gasteiger partial charge < -0.3 is 9.88 Å². The van der Waals surface area contributed by atoms with Gasteiger partial charge in [0.05, 0.1) is 11.9 Å². The summed E-state index contributed by atoms with van der Waals surface area (Å²) in [5, 5.41) is 11.1. The van der Waals surface area contributed by atoms with Gasteiger partial charge in [0.25, 0.3) is 5.91 Å². The molecule has 4 heterocycles. The van der Waals surface area contributed by atoms with Crippen LogP contribution in [-0.2, 0) is 0 Å². The number of rotatable bonds is 6. The first-order valence-electron chi connectivity index (χ1n) is 10.7. The van der Waals surface area contributed by atoms with Gasteiger partial charge in [0.15, 0.2) is 5.82 Å². The van der Waals surface area contributed by atoms with Crippen molar-refractivity contribution in [1.82, 2.24) is 30.0 Å². The van der Waals surface area contributed by atoms with E-state index in [1.807, 2.05) is 36.6 Å². The second-order valence-corrected chi connectivity index (χ2v) is 8.27. The Bertz CT molecular complexity index is 1150. The van der Waals surface area contributed by atoms with Crippen molar-refractivity contribution in [3.63, 3.8) is 0 Å². The number of nitrogens with zero attached hydrogens (tertiary/aromatic N) is 7. The number of nitrogens with one attached hydrogen (secondary N) is 1. The normalized spacial score (nSPS) is 16.2. The van der Waals surface area contributed by atoms with Crippen molar-refractivity contribution in [3.05, 3.63) is 48.5 Å². The number of carbonyl (C=O) groups excluding carboxylic acids is 2. The molecule has 0 bridgehead atoms. The molecule has 164 valence electrons. The summed E-state index contributed by atoms with van der Waals surface area (Å²) in [5.41, 5.74) is 1.66. The average Bonchev–Trinajstić information content (AvgIpc) is 3.32. The lowest BCUT2D eigenvalue weighted by atomic mass is 10.3. The molecule has 32 heavy (non-hydrogen) atoms. The van der Waals surface area contributed by atoms with Crippen molar-refractivity contribution in [2.24, 2.45) is 0 Å². The molecular formula is C22H24N8O2. The van der Waals surface area contributed by atoms with Gasteiger partial charge in [0.1, 0.15) is 23.5 Å². The van der Waals surface area contributed by atoms with E-state index in [4.69, 9.17) is 0 Å². The van der Waals surface area contributed by atoms with Crippen LogP contribution in [0.1, 0.15) is 43.2 Å². The van der Waals surface area contributed by atoms with Crippen molar-refractivity contribution in [1.29, 1.82) is 0 Å². The van der Waals surface area contributed by atoms with Crippen LogP contribution >= 0.6 is 0 Å². The standard InChI is InChI=1S/C22H24N8O2/c1-14(2)30-13-24-27-20(30)17-4-3-5-19(26-17)29-11-10-28(22(29)32)16-8-9-18(23-12-16)21(31)25-15-6-7-15/h3-5,8-9,12-15H,6-7,10-11H2,1-2H3,(H,25,31). The van der Waals surface area contributed by atoms with E-state index in [9.17, 15) is 9.59 Å². The van der Waals surface area contributed by atoms with E-state index in [1.165, 1.54) is 0 Å². The zero-order valence-corrected chi connectivity index (χ0v) is 18.0. The summed E-state index contributed by atoms with van der Waals surface area (Å²) in [5.74, 6) is 1.04. The maximum Gasteiger partial charge on any atom is 0.330 e. The Morgan fingerprint density at radius 2 is 1.94 bits per heavy atom. The summed E-state index contributed by atoms with van der Waals surface area (Å²) in [4.78, 5) is 37.5. The van der Waals surface area contributed by atoms with E-state index in [2.05, 4.69) is 25.5 Å². The first-order chi connectivity index (χ1) is 15.5. The lowest BCUT2D eigenvalue weighted by Crippen LogP contribution is -2.32. The molecule has 1 saturated heterocycles. The first-order valence-corrected chi connectivity index (χ1v) is 10.7. The van der Waals surface area contributed by atoms with E-state index in [-0.39, 0.29) is 24.0 Å². The minimum Gasteiger partial charge on any atom is -0.348 e. The Morgan fingerprint density at radius 3 is 2.66 bits per heavy atom. The predicted octanol–water partition coefficient (Wildman–Crippen LogP) is 2.65. The van der Waals surface area contributed by atoms with Crippen molar-refractivity contribution < 1.29 is 9.59 Å². The topological polar surface area (TPSA) is 109 Å². The van der Waals surface area contributed by atoms with E-state index >= 15 is 0 Å². The highest BCUT2D eigenvalue weighted by Crippen LogP contribution is 2.26. The first kappa shape index (κ1) is 20.1. The van der Waals surface area contributed by atoms with Crippen LogP contribution in [-0.4, -0.2) is 55.8 Å². The smallest absolute Gasteiger partial charge is 0.330 e. The van der Waals surface area contributed by atoms with Crippen LogP contribution in [0.15, 0.2) is 42.9 Å². The van der Waals surface area contributed by atoms with E-state index in [0.717, 1.165) is 12.8 Å². The van der Waals surface area contributed by atoms with Crippen LogP contribution in [0.4, 0.5) is 16.3 Å². The fourth-order valence-electron chi connectivity index (χ4n) is 3.66. The molecule has 3 amide bonds. The lowest BCUT2D eigenvalue weighted by Gasteiger charge is -2.18. The Hall–Kier alpha value is -3.82. The highest BCUT2D eigenvalue weighted by atomic mass is 16.2. The molecule has 3 aromatic heterocycles. The molecule has 0 radical (unpaired) electrons. The zero-order valence-electron chi connectivity index (χ0n) is 18.0. The number of carbonyl (C=O) groups is 2. The molecular weight excluding hydrogens is 408 g/mol. The molecule has 0 spiro atoms. The van der Waals surface area contributed by atoms with Crippen LogP contribution in [0, 0.1) is 0 Å². The van der Waals surface area contributed by atoms with Gasteiger partial charge in [-0.3, -0.25) is 14.6 Å². The molecule has 3 aromatic rings. The van der Waals surface area contributed by atoms with Crippen LogP contribution in [0.5, 0.6) is 0 Å². The van der Waals surface area contributed by atoms with Crippen LogP contribution < -0.4 is 15.1 Å². The molecule has 2 aliphatic rings. The largest absolute Gasteiger partial charge is 0.348 e. The van der Waals surface area contributed by atoms with Gasteiger partial charge in [-0.1, -0.05) is 6.07 Å². The maximum absolute atomic E-state index is 13.1. The van der Waals surface area contributed by atoms with E-state index in [0.29, 0.717) is 41.8 Å². The van der Waals surface area contributed by atoms with Gasteiger partial charge in [-0.05, 0) is 51.0 Å². The number of amides is 3. The van der Waals surface area contributed by atoms with Gasteiger partial charge in [-0.25, -0.2) is 14.8 Å². The maximum atomic E-state index is 13.1. The van der Waals surface area contributed by atoms with Crippen LogP contribution in [0.25, 0.3) is 11.5 Å². The number of aromatic nitrogens is 5. The average molecular weight is 432 g/mol. The van der Waals surface area contributed by atoms with E-state index < -0.39 is 0 Å². The summed E-state index contributed by atoms with van der Waals surface area (Å²) >= 11 is 0. The van der Waals surface area contributed by atoms with Gasteiger partial charge in [-0.15, -0.1) is 10.2 Å². The Kier molecular flexibility index (Phi) is 5.04. The molecule has 1 N–H and O–H groups in total. The third-order valence-electron chi connectivity index (χ3n) is 5.58. The fourth-order valence-corrected chi connectivity index (χ4v) is 3.66. The molecule has 5 rings (SSSR count). The third-order valence-corrected chi connectivity index (χ3v) is 5.58. The molecule has 1 saturated carbocycles. The molecule has 0 unspecified atom stereocenters. The number of hydrogen-bond acceptors (Lipinski definition) is 6. The van der Waals surface area contributed by atoms with Crippen molar-refractivity contribution >= 4 is 23.4 Å². The summed E-state index contributed by atoms with van der Waals surface area (Å²) in [6, 6.07) is 9.22. The van der Waals surface area contributed by atoms with Gasteiger partial charge in [-0.2, -0.15) is 0 Å². The van der Waals surface area contributed by atoms with Crippen molar-refractivity contribution in [3.8, 4) is 11.5 Å². The number of pyridine rings is 2. The second kappa shape index (κ2) is 8.03. The Morgan fingerprint density at radius 1 is 1.12 bits per heavy atom. The fraction of sp³-hybridized carbons (Fsp3) is 0.364. The Balaban J connectivity index is 1.33. The molecule has 0 atom stereocenters. The molecule has 2 fully saturated rings. The molecule has 0 aromatic carbocycles. The molecule has 1 aliphatic carbocycles.